The normalized spacial score (nSPS) is 13.6. The Hall–Kier alpha value is -9.36. The van der Waals surface area contributed by atoms with E-state index in [4.69, 9.17) is 19.3 Å². The number of aromatic nitrogens is 7. The smallest absolute Gasteiger partial charge is 0.268 e. The van der Waals surface area contributed by atoms with Gasteiger partial charge in [0.05, 0.1) is 41.5 Å². The van der Waals surface area contributed by atoms with Crippen LogP contribution in [0.5, 0.6) is 11.5 Å². The van der Waals surface area contributed by atoms with E-state index in [0.29, 0.717) is 27.9 Å². The van der Waals surface area contributed by atoms with Gasteiger partial charge in [-0.05, 0) is 95.5 Å². The molecular weight excluding hydrogens is 1110 g/mol. The summed E-state index contributed by atoms with van der Waals surface area (Å²) in [6.07, 6.45) is 2.94. The number of pyridine rings is 2. The van der Waals surface area contributed by atoms with Crippen LogP contribution in [-0.2, 0) is 21.1 Å². The molecule has 0 bridgehead atoms. The molecule has 6 aromatic heterocycles. The molecule has 0 spiro atoms. The quantitative estimate of drug-likeness (QED) is 0.113. The molecule has 6 heterocycles. The van der Waals surface area contributed by atoms with Gasteiger partial charge < -0.3 is 13.9 Å². The molecule has 0 aliphatic carbocycles. The molecule has 0 amide bonds. The number of ether oxygens (including phenoxy) is 1. The summed E-state index contributed by atoms with van der Waals surface area (Å²) < 4.78 is 84.6. The summed E-state index contributed by atoms with van der Waals surface area (Å²) >= 11 is 0. The minimum absolute atomic E-state index is 0. The Morgan fingerprint density at radius 1 is 0.474 bits per heavy atom. The Bertz CT molecular complexity index is 4920. The van der Waals surface area contributed by atoms with Gasteiger partial charge in [0.2, 0.25) is 0 Å². The molecule has 0 N–H and O–H groups in total. The van der Waals surface area contributed by atoms with E-state index in [9.17, 15) is 1.37 Å². The Balaban J connectivity index is 0.00000627. The van der Waals surface area contributed by atoms with Crippen molar-refractivity contribution in [2.45, 2.75) is 13.7 Å². The maximum absolute atomic E-state index is 9.34. The van der Waals surface area contributed by atoms with Crippen LogP contribution < -0.4 is 9.30 Å². The molecule has 76 heavy (non-hydrogen) atoms. The van der Waals surface area contributed by atoms with Gasteiger partial charge in [0.1, 0.15) is 17.5 Å². The number of para-hydroxylation sites is 6. The van der Waals surface area contributed by atoms with Crippen molar-refractivity contribution in [1.29, 1.82) is 0 Å². The van der Waals surface area contributed by atoms with E-state index in [1.165, 1.54) is 0 Å². The zero-order valence-electron chi connectivity index (χ0n) is 48.1. The molecule has 15 rings (SSSR count). The van der Waals surface area contributed by atoms with Crippen LogP contribution in [0.2, 0.25) is 0 Å². The largest absolute Gasteiger partial charge is 0.510 e. The minimum Gasteiger partial charge on any atom is -0.510 e. The van der Waals surface area contributed by atoms with Gasteiger partial charge in [-0.15, -0.1) is 29.7 Å². The number of hydrogen-bond donors (Lipinski definition) is 0. The maximum atomic E-state index is 9.34. The van der Waals surface area contributed by atoms with E-state index in [-0.39, 0.29) is 32.6 Å². The molecule has 8 nitrogen and oxygen atoms in total. The van der Waals surface area contributed by atoms with Crippen molar-refractivity contribution in [3.63, 3.8) is 0 Å². The average Bonchev–Trinajstić information content (AvgIpc) is 2.85. The molecule has 15 aromatic rings. The molecule has 9 aromatic carbocycles. The van der Waals surface area contributed by atoms with E-state index >= 15 is 0 Å². The summed E-state index contributed by atoms with van der Waals surface area (Å²) in [5.41, 5.74) is 8.46. The fourth-order valence-corrected chi connectivity index (χ4v) is 10.8. The van der Waals surface area contributed by atoms with Gasteiger partial charge in [-0.3, -0.25) is 13.7 Å². The third-order valence-electron chi connectivity index (χ3n) is 14.2. The first-order valence-electron chi connectivity index (χ1n) is 28.5. The predicted octanol–water partition coefficient (Wildman–Crippen LogP) is 15.5. The van der Waals surface area contributed by atoms with Crippen LogP contribution in [0.3, 0.4) is 0 Å². The van der Waals surface area contributed by atoms with Crippen LogP contribution in [-0.4, -0.2) is 28.2 Å². The summed E-state index contributed by atoms with van der Waals surface area (Å²) in [6.45, 7) is -6.08. The monoisotopic (exact) mass is 1160 g/mol. The first-order valence-corrected chi connectivity index (χ1v) is 24.5. The number of rotatable bonds is 8. The maximum Gasteiger partial charge on any atom is 0.268 e. The zero-order chi connectivity index (χ0) is 56.5. The SMILES string of the molecule is [2H]c1nc(-n2c3[c-]c(Oc4[c-]c(-n5[c-][n+](-c6cc(-n7c8ccccc8c8ccccc87)nc(-n7c8ccccc8c8ccccc87)c6)c6ccccc65)ccc4)ccc3c3cc(-c4ccccc4)ccc32)c([2H])c(C([2H])([2H])[2H])c1C([2H])([2H])[2H].[Pt]. The van der Waals surface area contributed by atoms with Gasteiger partial charge >= 0.3 is 0 Å². The number of fused-ring (bicyclic) bond motifs is 10. The fraction of sp³-hybridized carbons (Fsp3) is 0.0299. The van der Waals surface area contributed by atoms with Crippen molar-refractivity contribution in [3.05, 3.63) is 254 Å². The predicted molar refractivity (Wildman–Crippen MR) is 301 cm³/mol. The standard InChI is InChI=1S/C67H43N7O.Pt/c1-43-35-65(68-41-44(43)2)74-61-34-31-46(45-17-4-3-5-18-45)36-56(61)55-33-32-50(40-64(55)74)75-49-20-16-19-47(37-49)70-42-71(63-30-15-14-29-62(63)70)48-38-66(72-57-25-10-6-21-51(57)52-22-7-11-26-58(52)72)69-67(39-48)73-59-27-12-8-23-53(59)54-24-9-13-28-60(54)73;/h3-36,38-39,41H,1-2H3;/q-2;/i1D3,2D3,35D,41D;. The van der Waals surface area contributed by atoms with Gasteiger partial charge in [-0.2, -0.15) is 18.2 Å². The molecular formula is C67H43N7OPt-2. The number of benzene rings is 9. The minimum atomic E-state index is -3.06. The molecule has 0 fully saturated rings. The third-order valence-corrected chi connectivity index (χ3v) is 14.2. The second kappa shape index (κ2) is 17.9. The van der Waals surface area contributed by atoms with E-state index < -0.39 is 37.0 Å². The summed E-state index contributed by atoms with van der Waals surface area (Å²) in [7, 11) is 0. The Morgan fingerprint density at radius 2 is 1.05 bits per heavy atom. The molecule has 364 valence electrons. The Kier molecular flexibility index (Phi) is 8.82. The average molecular weight is 1170 g/mol. The molecule has 0 saturated heterocycles. The molecule has 0 radical (unpaired) electrons. The van der Waals surface area contributed by atoms with Crippen LogP contribution in [0, 0.1) is 32.2 Å². The summed E-state index contributed by atoms with van der Waals surface area (Å²) in [4.78, 5) is 9.92. The van der Waals surface area contributed by atoms with Crippen molar-refractivity contribution in [1.82, 2.24) is 28.2 Å². The van der Waals surface area contributed by atoms with Crippen LogP contribution >= 0.6 is 0 Å². The van der Waals surface area contributed by atoms with Crippen molar-refractivity contribution < 1.29 is 41.3 Å². The van der Waals surface area contributed by atoms with Crippen molar-refractivity contribution >= 4 is 76.5 Å². The Labute approximate surface area is 463 Å². The van der Waals surface area contributed by atoms with Crippen LogP contribution in [0.1, 0.15) is 22.1 Å². The van der Waals surface area contributed by atoms with Crippen molar-refractivity contribution in [2.24, 2.45) is 0 Å². The molecule has 0 atom stereocenters. The van der Waals surface area contributed by atoms with Gasteiger partial charge in [0.25, 0.3) is 6.33 Å². The third kappa shape index (κ3) is 7.20. The van der Waals surface area contributed by atoms with Gasteiger partial charge in [0, 0.05) is 74.0 Å². The second-order valence-corrected chi connectivity index (χ2v) is 18.5. The van der Waals surface area contributed by atoms with Crippen LogP contribution in [0.4, 0.5) is 0 Å². The van der Waals surface area contributed by atoms with Crippen molar-refractivity contribution in [3.8, 4) is 51.5 Å². The topological polar surface area (TPSA) is 58.6 Å². The number of nitrogens with zero attached hydrogens (tertiary/aromatic N) is 7. The summed E-state index contributed by atoms with van der Waals surface area (Å²) in [5.74, 6) is 1.82. The van der Waals surface area contributed by atoms with Crippen LogP contribution in [0.15, 0.2) is 225 Å². The van der Waals surface area contributed by atoms with E-state index in [1.807, 2.05) is 89.5 Å². The molecule has 0 unspecified atom stereocenters. The zero-order valence-corrected chi connectivity index (χ0v) is 42.3. The molecule has 0 aliphatic heterocycles. The summed E-state index contributed by atoms with van der Waals surface area (Å²) in [6, 6.07) is 77.0. The second-order valence-electron chi connectivity index (χ2n) is 18.5. The molecule has 0 saturated carbocycles. The fourth-order valence-electron chi connectivity index (χ4n) is 10.8. The number of hydrogen-bond acceptors (Lipinski definition) is 3. The van der Waals surface area contributed by atoms with Gasteiger partial charge in [-0.25, -0.2) is 9.97 Å². The van der Waals surface area contributed by atoms with E-state index in [2.05, 4.69) is 152 Å². The first-order chi connectivity index (χ1) is 40.3. The van der Waals surface area contributed by atoms with Crippen LogP contribution in [0.25, 0.3) is 116 Å². The molecule has 9 heteroatoms. The van der Waals surface area contributed by atoms with Gasteiger partial charge in [0.15, 0.2) is 0 Å². The van der Waals surface area contributed by atoms with E-state index in [0.717, 1.165) is 88.5 Å². The van der Waals surface area contributed by atoms with E-state index in [1.54, 1.807) is 16.7 Å². The van der Waals surface area contributed by atoms with Crippen molar-refractivity contribution in [2.75, 3.05) is 0 Å². The first kappa shape index (κ1) is 37.4. The summed E-state index contributed by atoms with van der Waals surface area (Å²) in [5, 5.41) is 5.87. The Morgan fingerprint density at radius 3 is 1.70 bits per heavy atom. The van der Waals surface area contributed by atoms with Gasteiger partial charge in [-0.1, -0.05) is 145 Å². The number of imidazole rings is 1. The molecule has 0 aliphatic rings.